The molecule has 0 aliphatic rings. The van der Waals surface area contributed by atoms with Crippen molar-refractivity contribution in [1.29, 1.82) is 0 Å². The number of carbonyl (C=O) groups excluding carboxylic acids is 1. The second-order valence-electron chi connectivity index (χ2n) is 9.93. The Morgan fingerprint density at radius 2 is 1.64 bits per heavy atom. The molecule has 0 bridgehead atoms. The SMILES string of the molecule is CC(Cc1cccc(CC(C)(C)C)c1)NC[C@H](O)[C@H](Cc1cc(F)cc(F)c1)NC(=O)CF. The lowest BCUT2D eigenvalue weighted by atomic mass is 9.87. The highest BCUT2D eigenvalue weighted by molar-refractivity contribution is 5.77. The second-order valence-corrected chi connectivity index (χ2v) is 9.93. The summed E-state index contributed by atoms with van der Waals surface area (Å²) in [5.41, 5.74) is 2.89. The van der Waals surface area contributed by atoms with Gasteiger partial charge in [0.2, 0.25) is 0 Å². The maximum atomic E-state index is 13.5. The molecule has 0 saturated heterocycles. The van der Waals surface area contributed by atoms with E-state index in [0.29, 0.717) is 0 Å². The summed E-state index contributed by atoms with van der Waals surface area (Å²) in [5.74, 6) is -2.40. The van der Waals surface area contributed by atoms with E-state index in [2.05, 4.69) is 49.6 Å². The first-order chi connectivity index (χ1) is 15.4. The van der Waals surface area contributed by atoms with E-state index in [4.69, 9.17) is 0 Å². The van der Waals surface area contributed by atoms with Gasteiger partial charge in [-0.15, -0.1) is 0 Å². The molecule has 1 unspecified atom stereocenters. The van der Waals surface area contributed by atoms with Gasteiger partial charge in [-0.3, -0.25) is 4.79 Å². The summed E-state index contributed by atoms with van der Waals surface area (Å²) < 4.78 is 39.8. The molecule has 182 valence electrons. The molecule has 3 N–H and O–H groups in total. The van der Waals surface area contributed by atoms with Crippen molar-refractivity contribution in [3.8, 4) is 0 Å². The van der Waals surface area contributed by atoms with Crippen LogP contribution in [-0.4, -0.2) is 42.4 Å². The third-order valence-electron chi connectivity index (χ3n) is 5.25. The van der Waals surface area contributed by atoms with Crippen LogP contribution in [0.4, 0.5) is 13.2 Å². The monoisotopic (exact) mass is 464 g/mol. The minimum Gasteiger partial charge on any atom is -0.390 e. The zero-order valence-corrected chi connectivity index (χ0v) is 19.8. The van der Waals surface area contributed by atoms with Crippen LogP contribution in [0.1, 0.15) is 44.4 Å². The first-order valence-corrected chi connectivity index (χ1v) is 11.2. The summed E-state index contributed by atoms with van der Waals surface area (Å²) >= 11 is 0. The van der Waals surface area contributed by atoms with Crippen LogP contribution < -0.4 is 10.6 Å². The molecule has 0 aliphatic carbocycles. The molecule has 0 radical (unpaired) electrons. The van der Waals surface area contributed by atoms with Crippen LogP contribution in [-0.2, 0) is 24.1 Å². The molecule has 3 atom stereocenters. The van der Waals surface area contributed by atoms with Crippen LogP contribution in [0.5, 0.6) is 0 Å². The lowest BCUT2D eigenvalue weighted by molar-refractivity contribution is -0.123. The third-order valence-corrected chi connectivity index (χ3v) is 5.25. The first-order valence-electron chi connectivity index (χ1n) is 11.2. The highest BCUT2D eigenvalue weighted by atomic mass is 19.1. The van der Waals surface area contributed by atoms with E-state index >= 15 is 0 Å². The molecular formula is C26H35F3N2O2. The van der Waals surface area contributed by atoms with E-state index in [9.17, 15) is 23.1 Å². The van der Waals surface area contributed by atoms with Crippen molar-refractivity contribution in [2.75, 3.05) is 13.2 Å². The summed E-state index contributed by atoms with van der Waals surface area (Å²) in [6.07, 6.45) is 0.590. The molecule has 2 rings (SSSR count). The van der Waals surface area contributed by atoms with Crippen LogP contribution in [0, 0.1) is 17.0 Å². The Balaban J connectivity index is 1.98. The van der Waals surface area contributed by atoms with E-state index in [0.717, 1.165) is 31.0 Å². The normalized spacial score (nSPS) is 14.5. The van der Waals surface area contributed by atoms with E-state index in [1.807, 2.05) is 13.0 Å². The van der Waals surface area contributed by atoms with Crippen molar-refractivity contribution >= 4 is 5.91 Å². The van der Waals surface area contributed by atoms with Crippen LogP contribution in [0.3, 0.4) is 0 Å². The van der Waals surface area contributed by atoms with E-state index < -0.39 is 36.4 Å². The maximum absolute atomic E-state index is 13.5. The zero-order chi connectivity index (χ0) is 24.6. The number of rotatable bonds is 11. The molecule has 2 aromatic rings. The number of halogens is 3. The lowest BCUT2D eigenvalue weighted by Gasteiger charge is -2.26. The summed E-state index contributed by atoms with van der Waals surface area (Å²) in [6.45, 7) is 7.46. The molecule has 0 aromatic heterocycles. The molecule has 2 aromatic carbocycles. The molecule has 0 spiro atoms. The molecule has 33 heavy (non-hydrogen) atoms. The predicted molar refractivity (Wildman–Crippen MR) is 125 cm³/mol. The van der Waals surface area contributed by atoms with Gasteiger partial charge >= 0.3 is 0 Å². The Morgan fingerprint density at radius 1 is 1.00 bits per heavy atom. The maximum Gasteiger partial charge on any atom is 0.251 e. The van der Waals surface area contributed by atoms with Crippen molar-refractivity contribution < 1.29 is 23.1 Å². The minimum atomic E-state index is -1.24. The highest BCUT2D eigenvalue weighted by Crippen LogP contribution is 2.21. The van der Waals surface area contributed by atoms with Gasteiger partial charge in [-0.25, -0.2) is 13.2 Å². The van der Waals surface area contributed by atoms with Crippen molar-refractivity contribution in [2.24, 2.45) is 5.41 Å². The predicted octanol–water partition coefficient (Wildman–Crippen LogP) is 4.13. The summed E-state index contributed by atoms with van der Waals surface area (Å²) in [7, 11) is 0. The van der Waals surface area contributed by atoms with Crippen molar-refractivity contribution in [1.82, 2.24) is 10.6 Å². The van der Waals surface area contributed by atoms with E-state index in [1.165, 1.54) is 11.1 Å². The van der Waals surface area contributed by atoms with Gasteiger partial charge in [0, 0.05) is 18.7 Å². The van der Waals surface area contributed by atoms with Crippen molar-refractivity contribution in [3.05, 3.63) is 70.8 Å². The minimum absolute atomic E-state index is 0.0219. The lowest BCUT2D eigenvalue weighted by Crippen LogP contribution is -2.50. The fraction of sp³-hybridized carbons (Fsp3) is 0.500. The van der Waals surface area contributed by atoms with Gasteiger partial charge in [-0.2, -0.15) is 0 Å². The van der Waals surface area contributed by atoms with Gasteiger partial charge in [0.15, 0.2) is 6.67 Å². The Hall–Kier alpha value is -2.38. The molecule has 0 heterocycles. The van der Waals surface area contributed by atoms with Gasteiger partial charge in [-0.1, -0.05) is 45.0 Å². The fourth-order valence-electron chi connectivity index (χ4n) is 3.88. The Kier molecular flexibility index (Phi) is 9.92. The second kappa shape index (κ2) is 12.2. The fourth-order valence-corrected chi connectivity index (χ4v) is 3.88. The van der Waals surface area contributed by atoms with Crippen LogP contribution in [0.2, 0.25) is 0 Å². The van der Waals surface area contributed by atoms with Crippen LogP contribution >= 0.6 is 0 Å². The van der Waals surface area contributed by atoms with Crippen molar-refractivity contribution in [2.45, 2.75) is 65.1 Å². The highest BCUT2D eigenvalue weighted by Gasteiger charge is 2.23. The van der Waals surface area contributed by atoms with Gasteiger partial charge in [0.05, 0.1) is 12.1 Å². The number of amides is 1. The Bertz CT molecular complexity index is 894. The standard InChI is InChI=1S/C26H35F3N2O2/c1-17(8-18-6-5-7-19(9-18)14-26(2,3)4)30-16-24(32)23(31-25(33)15-27)12-20-10-21(28)13-22(29)11-20/h5-7,9-11,13,17,23-24,30,32H,8,12,14-16H2,1-4H3,(H,31,33)/t17?,23-,24-/m0/s1. The molecule has 1 amide bonds. The molecule has 0 aliphatic heterocycles. The number of benzene rings is 2. The van der Waals surface area contributed by atoms with Gasteiger partial charge < -0.3 is 15.7 Å². The average molecular weight is 465 g/mol. The zero-order valence-electron chi connectivity index (χ0n) is 19.8. The molecule has 4 nitrogen and oxygen atoms in total. The van der Waals surface area contributed by atoms with Gasteiger partial charge in [0.1, 0.15) is 11.6 Å². The number of hydrogen-bond acceptors (Lipinski definition) is 3. The number of nitrogens with one attached hydrogen (secondary N) is 2. The topological polar surface area (TPSA) is 61.4 Å². The number of alkyl halides is 1. The summed E-state index contributed by atoms with van der Waals surface area (Å²) in [5, 5.41) is 16.3. The largest absolute Gasteiger partial charge is 0.390 e. The summed E-state index contributed by atoms with van der Waals surface area (Å²) in [6, 6.07) is 10.5. The van der Waals surface area contributed by atoms with Gasteiger partial charge in [0.25, 0.3) is 5.91 Å². The van der Waals surface area contributed by atoms with Crippen molar-refractivity contribution in [3.63, 3.8) is 0 Å². The molecular weight excluding hydrogens is 429 g/mol. The average Bonchev–Trinajstić information content (AvgIpc) is 2.69. The van der Waals surface area contributed by atoms with Crippen LogP contribution in [0.25, 0.3) is 0 Å². The number of aliphatic hydroxyl groups is 1. The van der Waals surface area contributed by atoms with E-state index in [-0.39, 0.29) is 30.0 Å². The molecule has 0 fully saturated rings. The number of carbonyl (C=O) groups is 1. The Labute approximate surface area is 194 Å². The quantitative estimate of drug-likeness (QED) is 0.469. The van der Waals surface area contributed by atoms with E-state index in [1.54, 1.807) is 0 Å². The Morgan fingerprint density at radius 3 is 2.24 bits per heavy atom. The molecule has 7 heteroatoms. The van der Waals surface area contributed by atoms with Crippen LogP contribution in [0.15, 0.2) is 42.5 Å². The number of hydrogen-bond donors (Lipinski definition) is 3. The number of aliphatic hydroxyl groups excluding tert-OH is 1. The van der Waals surface area contributed by atoms with Gasteiger partial charge in [-0.05, 0) is 60.4 Å². The summed E-state index contributed by atoms with van der Waals surface area (Å²) in [4.78, 5) is 11.6. The molecule has 0 saturated carbocycles. The first kappa shape index (κ1) is 26.9. The smallest absolute Gasteiger partial charge is 0.251 e. The third kappa shape index (κ3) is 9.96.